The van der Waals surface area contributed by atoms with Crippen molar-refractivity contribution in [3.05, 3.63) is 47.5 Å². The van der Waals surface area contributed by atoms with Crippen molar-refractivity contribution in [2.45, 2.75) is 32.9 Å². The van der Waals surface area contributed by atoms with Crippen molar-refractivity contribution >= 4 is 0 Å². The second-order valence-electron chi connectivity index (χ2n) is 5.01. The van der Waals surface area contributed by atoms with Crippen LogP contribution in [0.15, 0.2) is 30.7 Å². The van der Waals surface area contributed by atoms with Gasteiger partial charge in [0.15, 0.2) is 0 Å². The van der Waals surface area contributed by atoms with Crippen molar-refractivity contribution in [2.24, 2.45) is 7.05 Å². The SMILES string of the molecule is CCc1nn(C)cc1CN(C)[C@H](C)c1cccnc1. The summed E-state index contributed by atoms with van der Waals surface area (Å²) < 4.78 is 1.90. The maximum Gasteiger partial charge on any atom is 0.0666 e. The van der Waals surface area contributed by atoms with E-state index in [4.69, 9.17) is 0 Å². The van der Waals surface area contributed by atoms with Crippen LogP contribution in [0.1, 0.15) is 36.7 Å². The fourth-order valence-electron chi connectivity index (χ4n) is 2.30. The summed E-state index contributed by atoms with van der Waals surface area (Å²) in [5.74, 6) is 0. The van der Waals surface area contributed by atoms with Crippen LogP contribution in [-0.4, -0.2) is 26.7 Å². The molecule has 0 amide bonds. The monoisotopic (exact) mass is 258 g/mol. The number of aryl methyl sites for hydroxylation is 2. The van der Waals surface area contributed by atoms with E-state index in [1.54, 1.807) is 0 Å². The van der Waals surface area contributed by atoms with Crippen LogP contribution in [0, 0.1) is 0 Å². The lowest BCUT2D eigenvalue weighted by Crippen LogP contribution is -2.22. The second kappa shape index (κ2) is 5.97. The summed E-state index contributed by atoms with van der Waals surface area (Å²) in [6, 6.07) is 4.46. The van der Waals surface area contributed by atoms with Crippen molar-refractivity contribution < 1.29 is 0 Å². The Morgan fingerprint density at radius 1 is 1.42 bits per heavy atom. The van der Waals surface area contributed by atoms with Gasteiger partial charge >= 0.3 is 0 Å². The van der Waals surface area contributed by atoms with Gasteiger partial charge in [0.1, 0.15) is 0 Å². The van der Waals surface area contributed by atoms with Crippen molar-refractivity contribution in [2.75, 3.05) is 7.05 Å². The van der Waals surface area contributed by atoms with Crippen molar-refractivity contribution in [1.29, 1.82) is 0 Å². The average molecular weight is 258 g/mol. The van der Waals surface area contributed by atoms with E-state index in [0.29, 0.717) is 6.04 Å². The first-order chi connectivity index (χ1) is 9.11. The summed E-state index contributed by atoms with van der Waals surface area (Å²) in [4.78, 5) is 6.52. The number of pyridine rings is 1. The quantitative estimate of drug-likeness (QED) is 0.826. The van der Waals surface area contributed by atoms with E-state index < -0.39 is 0 Å². The Balaban J connectivity index is 2.10. The number of hydrogen-bond donors (Lipinski definition) is 0. The molecule has 0 bridgehead atoms. The van der Waals surface area contributed by atoms with Crippen LogP contribution in [0.4, 0.5) is 0 Å². The van der Waals surface area contributed by atoms with Crippen LogP contribution in [0.5, 0.6) is 0 Å². The van der Waals surface area contributed by atoms with E-state index >= 15 is 0 Å². The molecule has 4 heteroatoms. The molecule has 2 rings (SSSR count). The number of rotatable bonds is 5. The molecule has 0 spiro atoms. The molecule has 0 aromatic carbocycles. The summed E-state index contributed by atoms with van der Waals surface area (Å²) in [5, 5.41) is 4.49. The molecular weight excluding hydrogens is 236 g/mol. The zero-order valence-electron chi connectivity index (χ0n) is 12.2. The van der Waals surface area contributed by atoms with Crippen LogP contribution in [0.3, 0.4) is 0 Å². The minimum atomic E-state index is 0.346. The molecule has 0 saturated carbocycles. The van der Waals surface area contributed by atoms with E-state index in [1.807, 2.05) is 30.2 Å². The van der Waals surface area contributed by atoms with Crippen LogP contribution >= 0.6 is 0 Å². The molecule has 0 aliphatic heterocycles. The topological polar surface area (TPSA) is 34.0 Å². The molecular formula is C15H22N4. The second-order valence-corrected chi connectivity index (χ2v) is 5.01. The first-order valence-corrected chi connectivity index (χ1v) is 6.73. The highest BCUT2D eigenvalue weighted by Crippen LogP contribution is 2.20. The van der Waals surface area contributed by atoms with Gasteiger partial charge in [0.05, 0.1) is 5.69 Å². The van der Waals surface area contributed by atoms with Crippen LogP contribution in [0.25, 0.3) is 0 Å². The van der Waals surface area contributed by atoms with E-state index in [0.717, 1.165) is 13.0 Å². The third kappa shape index (κ3) is 3.20. The smallest absolute Gasteiger partial charge is 0.0666 e. The molecule has 4 nitrogen and oxygen atoms in total. The fraction of sp³-hybridized carbons (Fsp3) is 0.467. The standard InChI is InChI=1S/C15H22N4/c1-5-15-14(11-19(4)17-15)10-18(3)12(2)13-7-6-8-16-9-13/h6-9,11-12H,5,10H2,1-4H3/t12-/m1/s1. The molecule has 2 aromatic heterocycles. The molecule has 0 aliphatic carbocycles. The molecule has 0 N–H and O–H groups in total. The third-order valence-corrected chi connectivity index (χ3v) is 3.57. The highest BCUT2D eigenvalue weighted by molar-refractivity contribution is 5.18. The highest BCUT2D eigenvalue weighted by Gasteiger charge is 2.15. The van der Waals surface area contributed by atoms with Crippen molar-refractivity contribution in [3.8, 4) is 0 Å². The van der Waals surface area contributed by atoms with E-state index in [9.17, 15) is 0 Å². The normalized spacial score (nSPS) is 12.9. The summed E-state index contributed by atoms with van der Waals surface area (Å²) in [6.07, 6.45) is 6.84. The lowest BCUT2D eigenvalue weighted by molar-refractivity contribution is 0.252. The molecule has 0 aliphatic rings. The van der Waals surface area contributed by atoms with Gasteiger partial charge in [-0.1, -0.05) is 13.0 Å². The van der Waals surface area contributed by atoms with Crippen molar-refractivity contribution in [3.63, 3.8) is 0 Å². The van der Waals surface area contributed by atoms with Gasteiger partial charge in [0, 0.05) is 43.8 Å². The van der Waals surface area contributed by atoms with Gasteiger partial charge in [-0.3, -0.25) is 14.6 Å². The van der Waals surface area contributed by atoms with Gasteiger partial charge in [-0.25, -0.2) is 0 Å². The fourth-order valence-corrected chi connectivity index (χ4v) is 2.30. The predicted molar refractivity (Wildman–Crippen MR) is 76.7 cm³/mol. The molecule has 2 heterocycles. The maximum absolute atomic E-state index is 4.49. The minimum Gasteiger partial charge on any atom is -0.295 e. The van der Waals surface area contributed by atoms with Gasteiger partial charge in [0.2, 0.25) is 0 Å². The van der Waals surface area contributed by atoms with Crippen LogP contribution in [-0.2, 0) is 20.0 Å². The first-order valence-electron chi connectivity index (χ1n) is 6.73. The van der Waals surface area contributed by atoms with Crippen LogP contribution in [0.2, 0.25) is 0 Å². The Labute approximate surface area is 115 Å². The van der Waals surface area contributed by atoms with E-state index in [1.165, 1.54) is 16.8 Å². The largest absolute Gasteiger partial charge is 0.295 e. The summed E-state index contributed by atoms with van der Waals surface area (Å²) >= 11 is 0. The molecule has 0 radical (unpaired) electrons. The molecule has 0 unspecified atom stereocenters. The Morgan fingerprint density at radius 3 is 2.84 bits per heavy atom. The van der Waals surface area contributed by atoms with Gasteiger partial charge in [0.25, 0.3) is 0 Å². The Hall–Kier alpha value is -1.68. The predicted octanol–water partition coefficient (Wildman–Crippen LogP) is 2.57. The lowest BCUT2D eigenvalue weighted by atomic mass is 10.1. The number of aromatic nitrogens is 3. The van der Waals surface area contributed by atoms with E-state index in [2.05, 4.69) is 48.1 Å². The lowest BCUT2D eigenvalue weighted by Gasteiger charge is -2.24. The molecule has 0 fully saturated rings. The zero-order chi connectivity index (χ0) is 13.8. The zero-order valence-corrected chi connectivity index (χ0v) is 12.2. The Morgan fingerprint density at radius 2 is 2.21 bits per heavy atom. The molecule has 1 atom stereocenters. The molecule has 102 valence electrons. The van der Waals surface area contributed by atoms with Gasteiger partial charge in [-0.15, -0.1) is 0 Å². The first kappa shape index (κ1) is 13.7. The number of hydrogen-bond acceptors (Lipinski definition) is 3. The summed E-state index contributed by atoms with van der Waals surface area (Å²) in [7, 11) is 4.12. The molecule has 19 heavy (non-hydrogen) atoms. The average Bonchev–Trinajstić information content (AvgIpc) is 2.78. The van der Waals surface area contributed by atoms with Gasteiger partial charge in [-0.05, 0) is 32.0 Å². The Kier molecular flexibility index (Phi) is 4.32. The van der Waals surface area contributed by atoms with Gasteiger partial charge in [-0.2, -0.15) is 5.10 Å². The third-order valence-electron chi connectivity index (χ3n) is 3.57. The minimum absolute atomic E-state index is 0.346. The van der Waals surface area contributed by atoms with Crippen molar-refractivity contribution in [1.82, 2.24) is 19.7 Å². The van der Waals surface area contributed by atoms with Gasteiger partial charge < -0.3 is 0 Å². The van der Waals surface area contributed by atoms with E-state index in [-0.39, 0.29) is 0 Å². The highest BCUT2D eigenvalue weighted by atomic mass is 15.3. The molecule has 0 saturated heterocycles. The Bertz CT molecular complexity index is 518. The summed E-state index contributed by atoms with van der Waals surface area (Å²) in [5.41, 5.74) is 3.74. The maximum atomic E-state index is 4.49. The van der Waals surface area contributed by atoms with Crippen LogP contribution < -0.4 is 0 Å². The summed E-state index contributed by atoms with van der Waals surface area (Å²) in [6.45, 7) is 5.27. The molecule has 2 aromatic rings. The number of nitrogens with zero attached hydrogens (tertiary/aromatic N) is 4.